The van der Waals surface area contributed by atoms with Crippen molar-refractivity contribution in [2.24, 2.45) is 4.99 Å². The Bertz CT molecular complexity index is 562. The van der Waals surface area contributed by atoms with Gasteiger partial charge in [0.05, 0.1) is 0 Å². The van der Waals surface area contributed by atoms with Crippen LogP contribution < -0.4 is 10.6 Å². The van der Waals surface area contributed by atoms with Crippen molar-refractivity contribution in [3.63, 3.8) is 0 Å². The molecule has 2 heterocycles. The molecule has 0 aromatic carbocycles. The number of likely N-dealkylation sites (tertiary alicyclic amines) is 1. The Morgan fingerprint density at radius 1 is 1.38 bits per heavy atom. The monoisotopic (exact) mass is 379 g/mol. The lowest BCUT2D eigenvalue weighted by atomic mass is 10.0. The number of rotatable bonds is 7. The number of amides is 1. The van der Waals surface area contributed by atoms with E-state index in [-0.39, 0.29) is 12.5 Å². The third-order valence-electron chi connectivity index (χ3n) is 4.72. The number of hydrogen-bond donors (Lipinski definition) is 2. The van der Waals surface area contributed by atoms with Gasteiger partial charge in [-0.05, 0) is 44.6 Å². The standard InChI is InChI=1S/C19H33N5OS/c1-15(2)24-11-8-16(9-12-24)22-19(21-14-18(25)23(3)4)20-10-7-17-6-5-13-26-17/h5-6,13,15-16H,7-12,14H2,1-4H3,(H2,20,21,22). The van der Waals surface area contributed by atoms with E-state index in [1.54, 1.807) is 30.3 Å². The summed E-state index contributed by atoms with van der Waals surface area (Å²) in [6.45, 7) is 7.70. The molecule has 1 saturated heterocycles. The van der Waals surface area contributed by atoms with E-state index in [1.807, 2.05) is 0 Å². The molecule has 7 heteroatoms. The molecule has 1 aromatic rings. The molecule has 1 fully saturated rings. The number of carbonyl (C=O) groups excluding carboxylic acids is 1. The summed E-state index contributed by atoms with van der Waals surface area (Å²) in [7, 11) is 3.52. The number of aliphatic imine (C=N–C) groups is 1. The SMILES string of the molecule is CC(C)N1CCC(NC(=NCC(=O)N(C)C)NCCc2cccs2)CC1. The molecule has 0 aliphatic carbocycles. The van der Waals surface area contributed by atoms with E-state index in [0.29, 0.717) is 12.1 Å². The van der Waals surface area contributed by atoms with E-state index in [2.05, 4.69) is 51.9 Å². The smallest absolute Gasteiger partial charge is 0.243 e. The minimum Gasteiger partial charge on any atom is -0.356 e. The Balaban J connectivity index is 1.87. The average Bonchev–Trinajstić information content (AvgIpc) is 3.13. The Labute approximate surface area is 161 Å². The summed E-state index contributed by atoms with van der Waals surface area (Å²) >= 11 is 1.77. The molecule has 0 radical (unpaired) electrons. The first-order chi connectivity index (χ1) is 12.5. The Morgan fingerprint density at radius 2 is 2.12 bits per heavy atom. The van der Waals surface area contributed by atoms with Gasteiger partial charge in [0.1, 0.15) is 6.54 Å². The van der Waals surface area contributed by atoms with Gasteiger partial charge in [0, 0.05) is 50.7 Å². The fourth-order valence-electron chi connectivity index (χ4n) is 2.95. The molecule has 0 bridgehead atoms. The van der Waals surface area contributed by atoms with Gasteiger partial charge < -0.3 is 20.4 Å². The van der Waals surface area contributed by atoms with Crippen LogP contribution in [0.5, 0.6) is 0 Å². The largest absolute Gasteiger partial charge is 0.356 e. The summed E-state index contributed by atoms with van der Waals surface area (Å²) in [5, 5.41) is 9.03. The maximum Gasteiger partial charge on any atom is 0.243 e. The molecule has 1 aliphatic rings. The Kier molecular flexibility index (Phi) is 8.38. The summed E-state index contributed by atoms with van der Waals surface area (Å²) < 4.78 is 0. The van der Waals surface area contributed by atoms with Crippen LogP contribution in [0.4, 0.5) is 0 Å². The minimum atomic E-state index is 0.0129. The topological polar surface area (TPSA) is 60.0 Å². The van der Waals surface area contributed by atoms with Crippen LogP contribution in [0.25, 0.3) is 0 Å². The van der Waals surface area contributed by atoms with Crippen LogP contribution in [0.15, 0.2) is 22.5 Å². The summed E-state index contributed by atoms with van der Waals surface area (Å²) in [5.41, 5.74) is 0. The van der Waals surface area contributed by atoms with Crippen LogP contribution >= 0.6 is 11.3 Å². The van der Waals surface area contributed by atoms with E-state index < -0.39 is 0 Å². The van der Waals surface area contributed by atoms with Gasteiger partial charge in [0.2, 0.25) is 5.91 Å². The number of nitrogens with one attached hydrogen (secondary N) is 2. The zero-order valence-electron chi connectivity index (χ0n) is 16.5. The van der Waals surface area contributed by atoms with Crippen LogP contribution in [-0.2, 0) is 11.2 Å². The van der Waals surface area contributed by atoms with Crippen molar-refractivity contribution >= 4 is 23.2 Å². The summed E-state index contributed by atoms with van der Waals surface area (Å²) in [6, 6.07) is 5.23. The Morgan fingerprint density at radius 3 is 2.69 bits per heavy atom. The highest BCUT2D eigenvalue weighted by Crippen LogP contribution is 2.13. The third-order valence-corrected chi connectivity index (χ3v) is 5.65. The van der Waals surface area contributed by atoms with E-state index in [4.69, 9.17) is 0 Å². The molecule has 6 nitrogen and oxygen atoms in total. The van der Waals surface area contributed by atoms with Crippen molar-refractivity contribution in [2.45, 2.75) is 45.2 Å². The van der Waals surface area contributed by atoms with Crippen LogP contribution in [-0.4, -0.2) is 74.0 Å². The minimum absolute atomic E-state index is 0.0129. The van der Waals surface area contributed by atoms with Crippen molar-refractivity contribution in [3.8, 4) is 0 Å². The van der Waals surface area contributed by atoms with Gasteiger partial charge in [-0.1, -0.05) is 6.07 Å². The number of carbonyl (C=O) groups is 1. The van der Waals surface area contributed by atoms with Gasteiger partial charge in [0.15, 0.2) is 5.96 Å². The highest BCUT2D eigenvalue weighted by molar-refractivity contribution is 7.09. The van der Waals surface area contributed by atoms with Crippen molar-refractivity contribution in [2.75, 3.05) is 40.3 Å². The number of nitrogens with zero attached hydrogens (tertiary/aromatic N) is 3. The van der Waals surface area contributed by atoms with E-state index >= 15 is 0 Å². The molecular weight excluding hydrogens is 346 g/mol. The highest BCUT2D eigenvalue weighted by atomic mass is 32.1. The molecule has 1 aliphatic heterocycles. The predicted octanol–water partition coefficient (Wildman–Crippen LogP) is 1.79. The first-order valence-electron chi connectivity index (χ1n) is 9.47. The second-order valence-corrected chi connectivity index (χ2v) is 8.29. The first kappa shape index (κ1) is 20.7. The number of guanidine groups is 1. The van der Waals surface area contributed by atoms with Crippen LogP contribution in [0.3, 0.4) is 0 Å². The van der Waals surface area contributed by atoms with E-state index in [0.717, 1.165) is 44.9 Å². The van der Waals surface area contributed by atoms with Crippen LogP contribution in [0, 0.1) is 0 Å². The molecular formula is C19H33N5OS. The van der Waals surface area contributed by atoms with E-state index in [9.17, 15) is 4.79 Å². The second-order valence-electron chi connectivity index (χ2n) is 7.26. The summed E-state index contributed by atoms with van der Waals surface area (Å²) in [4.78, 5) is 21.8. The molecule has 1 amide bonds. The van der Waals surface area contributed by atoms with Gasteiger partial charge in [-0.15, -0.1) is 11.3 Å². The molecule has 0 unspecified atom stereocenters. The highest BCUT2D eigenvalue weighted by Gasteiger charge is 2.21. The molecule has 2 rings (SSSR count). The summed E-state index contributed by atoms with van der Waals surface area (Å²) in [5.74, 6) is 0.763. The fraction of sp³-hybridized carbons (Fsp3) is 0.684. The summed E-state index contributed by atoms with van der Waals surface area (Å²) in [6.07, 6.45) is 3.17. The average molecular weight is 380 g/mol. The van der Waals surface area contributed by atoms with Crippen molar-refractivity contribution in [3.05, 3.63) is 22.4 Å². The normalized spacial score (nSPS) is 16.7. The maximum atomic E-state index is 11.9. The number of likely N-dealkylation sites (N-methyl/N-ethyl adjacent to an activating group) is 1. The van der Waals surface area contributed by atoms with Crippen molar-refractivity contribution < 1.29 is 4.79 Å². The number of hydrogen-bond acceptors (Lipinski definition) is 4. The fourth-order valence-corrected chi connectivity index (χ4v) is 3.66. The molecule has 0 atom stereocenters. The quantitative estimate of drug-likeness (QED) is 0.560. The Hall–Kier alpha value is -1.60. The lowest BCUT2D eigenvalue weighted by molar-refractivity contribution is -0.127. The van der Waals surface area contributed by atoms with E-state index in [1.165, 1.54) is 4.88 Å². The van der Waals surface area contributed by atoms with Gasteiger partial charge in [-0.3, -0.25) is 4.79 Å². The third kappa shape index (κ3) is 6.96. The lowest BCUT2D eigenvalue weighted by Crippen LogP contribution is -2.50. The van der Waals surface area contributed by atoms with Gasteiger partial charge in [-0.2, -0.15) is 0 Å². The van der Waals surface area contributed by atoms with Gasteiger partial charge in [0.25, 0.3) is 0 Å². The molecule has 2 N–H and O–H groups in total. The first-order valence-corrected chi connectivity index (χ1v) is 10.3. The number of thiophene rings is 1. The molecule has 26 heavy (non-hydrogen) atoms. The lowest BCUT2D eigenvalue weighted by Gasteiger charge is -2.35. The molecule has 0 saturated carbocycles. The van der Waals surface area contributed by atoms with Crippen LogP contribution in [0.2, 0.25) is 0 Å². The molecule has 0 spiro atoms. The van der Waals surface area contributed by atoms with Crippen LogP contribution in [0.1, 0.15) is 31.6 Å². The number of piperidine rings is 1. The predicted molar refractivity (Wildman–Crippen MR) is 110 cm³/mol. The van der Waals surface area contributed by atoms with Gasteiger partial charge in [-0.25, -0.2) is 4.99 Å². The molecule has 146 valence electrons. The maximum absolute atomic E-state index is 11.9. The van der Waals surface area contributed by atoms with Gasteiger partial charge >= 0.3 is 0 Å². The zero-order valence-corrected chi connectivity index (χ0v) is 17.3. The zero-order chi connectivity index (χ0) is 18.9. The molecule has 1 aromatic heterocycles. The second kappa shape index (κ2) is 10.5. The van der Waals surface area contributed by atoms with Crippen molar-refractivity contribution in [1.29, 1.82) is 0 Å². The van der Waals surface area contributed by atoms with Crippen molar-refractivity contribution in [1.82, 2.24) is 20.4 Å².